The van der Waals surface area contributed by atoms with Crippen molar-refractivity contribution in [1.29, 1.82) is 0 Å². The molecule has 0 aliphatic heterocycles. The number of fused-ring (bicyclic) bond motifs is 3. The zero-order valence-corrected chi connectivity index (χ0v) is 19.2. The molecule has 0 radical (unpaired) electrons. The van der Waals surface area contributed by atoms with Crippen LogP contribution in [0.1, 0.15) is 36.3 Å². The van der Waals surface area contributed by atoms with Crippen LogP contribution in [-0.4, -0.2) is 56.0 Å². The second-order valence-corrected chi connectivity index (χ2v) is 8.86. The summed E-state index contributed by atoms with van der Waals surface area (Å²) in [6, 6.07) is 15.2. The summed E-state index contributed by atoms with van der Waals surface area (Å²) in [6.07, 6.45) is 1.50. The van der Waals surface area contributed by atoms with E-state index in [-0.39, 0.29) is 31.6 Å². The number of hydrogen-bond donors (Lipinski definition) is 3. The van der Waals surface area contributed by atoms with E-state index in [4.69, 9.17) is 9.47 Å². The first kappa shape index (κ1) is 23.8. The number of rotatable bonds is 9. The Morgan fingerprint density at radius 3 is 2.29 bits per heavy atom. The van der Waals surface area contributed by atoms with Gasteiger partial charge < -0.3 is 25.2 Å². The van der Waals surface area contributed by atoms with Crippen molar-refractivity contribution in [3.63, 3.8) is 0 Å². The maximum atomic E-state index is 12.7. The van der Waals surface area contributed by atoms with Crippen LogP contribution in [0.25, 0.3) is 11.1 Å². The van der Waals surface area contributed by atoms with Crippen LogP contribution in [0.5, 0.6) is 0 Å². The maximum absolute atomic E-state index is 12.7. The third kappa shape index (κ3) is 5.07. The summed E-state index contributed by atoms with van der Waals surface area (Å²) in [5, 5.41) is 14.7. The number of aliphatic carboxylic acids is 1. The molecule has 2 unspecified atom stereocenters. The normalized spacial score (nSPS) is 19.7. The minimum Gasteiger partial charge on any atom is -0.481 e. The van der Waals surface area contributed by atoms with Gasteiger partial charge in [-0.1, -0.05) is 55.0 Å². The molecule has 8 heteroatoms. The summed E-state index contributed by atoms with van der Waals surface area (Å²) in [4.78, 5) is 36.6. The highest BCUT2D eigenvalue weighted by molar-refractivity contribution is 5.86. The SMILES string of the molecule is COC[C@H](NC(=O)OCC1c2ccccc2-c2ccccc21)C(=O)NCC1CCCC1C(=O)O. The molecule has 3 N–H and O–H groups in total. The van der Waals surface area contributed by atoms with Crippen molar-refractivity contribution in [2.75, 3.05) is 26.9 Å². The lowest BCUT2D eigenvalue weighted by Gasteiger charge is -2.21. The number of hydrogen-bond acceptors (Lipinski definition) is 5. The highest BCUT2D eigenvalue weighted by atomic mass is 16.5. The molecule has 0 bridgehead atoms. The lowest BCUT2D eigenvalue weighted by atomic mass is 9.96. The van der Waals surface area contributed by atoms with Gasteiger partial charge in [-0.05, 0) is 41.0 Å². The van der Waals surface area contributed by atoms with Crippen molar-refractivity contribution in [3.05, 3.63) is 59.7 Å². The molecule has 2 aromatic carbocycles. The lowest BCUT2D eigenvalue weighted by molar-refractivity contribution is -0.143. The molecule has 0 spiro atoms. The van der Waals surface area contributed by atoms with Crippen LogP contribution in [0.2, 0.25) is 0 Å². The van der Waals surface area contributed by atoms with E-state index in [0.717, 1.165) is 35.1 Å². The van der Waals surface area contributed by atoms with E-state index >= 15 is 0 Å². The van der Waals surface area contributed by atoms with E-state index in [1.165, 1.54) is 7.11 Å². The minimum absolute atomic E-state index is 0.0247. The molecule has 8 nitrogen and oxygen atoms in total. The smallest absolute Gasteiger partial charge is 0.407 e. The number of carboxylic acids is 1. The van der Waals surface area contributed by atoms with Gasteiger partial charge in [0.1, 0.15) is 12.6 Å². The summed E-state index contributed by atoms with van der Waals surface area (Å²) < 4.78 is 10.6. The third-order valence-corrected chi connectivity index (χ3v) is 6.80. The van der Waals surface area contributed by atoms with Gasteiger partial charge in [0.15, 0.2) is 0 Å². The van der Waals surface area contributed by atoms with Crippen molar-refractivity contribution in [3.8, 4) is 11.1 Å². The molecule has 2 aliphatic carbocycles. The van der Waals surface area contributed by atoms with Crippen molar-refractivity contribution in [2.45, 2.75) is 31.2 Å². The minimum atomic E-state index is -0.940. The fourth-order valence-electron chi connectivity index (χ4n) is 5.09. The number of amides is 2. The zero-order chi connectivity index (χ0) is 24.1. The van der Waals surface area contributed by atoms with E-state index in [1.54, 1.807) is 0 Å². The fourth-order valence-corrected chi connectivity index (χ4v) is 5.09. The average molecular weight is 467 g/mol. The number of nitrogens with one attached hydrogen (secondary N) is 2. The predicted octanol–water partition coefficient (Wildman–Crippen LogP) is 3.16. The van der Waals surface area contributed by atoms with Crippen molar-refractivity contribution in [2.24, 2.45) is 11.8 Å². The Balaban J connectivity index is 1.33. The van der Waals surface area contributed by atoms with Crippen LogP contribution in [0.4, 0.5) is 4.79 Å². The summed E-state index contributed by atoms with van der Waals surface area (Å²) in [5.41, 5.74) is 4.48. The molecule has 2 aliphatic rings. The molecule has 1 fully saturated rings. The standard InChI is InChI=1S/C26H30N2O6/c1-33-15-23(24(29)27-13-16-7-6-12-17(16)25(30)31)28-26(32)34-14-22-20-10-4-2-8-18(20)19-9-3-5-11-21(19)22/h2-5,8-11,16-17,22-23H,6-7,12-15H2,1H3,(H,27,29)(H,28,32)(H,30,31)/t16?,17?,23-/m0/s1. The first-order valence-electron chi connectivity index (χ1n) is 11.6. The molecular weight excluding hydrogens is 436 g/mol. The first-order chi connectivity index (χ1) is 16.5. The highest BCUT2D eigenvalue weighted by Gasteiger charge is 2.34. The van der Waals surface area contributed by atoms with Gasteiger partial charge in [0.2, 0.25) is 5.91 Å². The monoisotopic (exact) mass is 466 g/mol. The van der Waals surface area contributed by atoms with Crippen molar-refractivity contribution in [1.82, 2.24) is 10.6 Å². The maximum Gasteiger partial charge on any atom is 0.407 e. The Bertz CT molecular complexity index is 1010. The highest BCUT2D eigenvalue weighted by Crippen LogP contribution is 2.44. The predicted molar refractivity (Wildman–Crippen MR) is 125 cm³/mol. The van der Waals surface area contributed by atoms with Gasteiger partial charge in [-0.2, -0.15) is 0 Å². The lowest BCUT2D eigenvalue weighted by Crippen LogP contribution is -2.50. The molecule has 34 heavy (non-hydrogen) atoms. The Labute approximate surface area is 198 Å². The Morgan fingerprint density at radius 2 is 1.68 bits per heavy atom. The van der Waals surface area contributed by atoms with Gasteiger partial charge in [-0.15, -0.1) is 0 Å². The number of carboxylic acid groups (broad SMARTS) is 1. The van der Waals surface area contributed by atoms with E-state index in [2.05, 4.69) is 22.8 Å². The topological polar surface area (TPSA) is 114 Å². The second-order valence-electron chi connectivity index (χ2n) is 8.86. The van der Waals surface area contributed by atoms with Gasteiger partial charge in [0, 0.05) is 19.6 Å². The molecule has 0 heterocycles. The third-order valence-electron chi connectivity index (χ3n) is 6.80. The Hall–Kier alpha value is -3.39. The molecule has 2 aromatic rings. The Kier molecular flexibility index (Phi) is 7.47. The summed E-state index contributed by atoms with van der Waals surface area (Å²) in [7, 11) is 1.44. The van der Waals surface area contributed by atoms with E-state index < -0.39 is 29.9 Å². The molecular formula is C26H30N2O6. The summed E-state index contributed by atoms with van der Waals surface area (Å²) in [6.45, 7) is 0.370. The molecule has 2 amide bonds. The van der Waals surface area contributed by atoms with Crippen LogP contribution in [0.3, 0.4) is 0 Å². The quantitative estimate of drug-likeness (QED) is 0.523. The number of methoxy groups -OCH3 is 1. The van der Waals surface area contributed by atoms with Crippen molar-refractivity contribution >= 4 is 18.0 Å². The summed E-state index contributed by atoms with van der Waals surface area (Å²) in [5.74, 6) is -1.90. The largest absolute Gasteiger partial charge is 0.481 e. The molecule has 0 saturated heterocycles. The summed E-state index contributed by atoms with van der Waals surface area (Å²) >= 11 is 0. The van der Waals surface area contributed by atoms with E-state index in [9.17, 15) is 19.5 Å². The van der Waals surface area contributed by atoms with Gasteiger partial charge in [0.25, 0.3) is 0 Å². The van der Waals surface area contributed by atoms with Gasteiger partial charge in [-0.3, -0.25) is 9.59 Å². The van der Waals surface area contributed by atoms with Crippen molar-refractivity contribution < 1.29 is 29.0 Å². The average Bonchev–Trinajstić information content (AvgIpc) is 3.44. The van der Waals surface area contributed by atoms with E-state index in [1.807, 2.05) is 36.4 Å². The molecule has 4 rings (SSSR count). The number of benzene rings is 2. The van der Waals surface area contributed by atoms with Gasteiger partial charge in [0.05, 0.1) is 12.5 Å². The molecule has 180 valence electrons. The number of carbonyl (C=O) groups is 3. The molecule has 3 atom stereocenters. The van der Waals surface area contributed by atoms with Crippen LogP contribution in [0, 0.1) is 11.8 Å². The number of alkyl carbamates (subject to hydrolysis) is 1. The number of carbonyl (C=O) groups excluding carboxylic acids is 2. The molecule has 1 saturated carbocycles. The molecule has 0 aromatic heterocycles. The van der Waals surface area contributed by atoms with Crippen LogP contribution in [-0.2, 0) is 19.1 Å². The van der Waals surface area contributed by atoms with Gasteiger partial charge >= 0.3 is 12.1 Å². The second kappa shape index (κ2) is 10.7. The van der Waals surface area contributed by atoms with Crippen LogP contribution < -0.4 is 10.6 Å². The number of ether oxygens (including phenoxy) is 2. The fraction of sp³-hybridized carbons (Fsp3) is 0.423. The van der Waals surface area contributed by atoms with Gasteiger partial charge in [-0.25, -0.2) is 4.79 Å². The van der Waals surface area contributed by atoms with E-state index in [0.29, 0.717) is 6.42 Å². The Morgan fingerprint density at radius 1 is 1.03 bits per heavy atom. The zero-order valence-electron chi connectivity index (χ0n) is 19.2. The van der Waals surface area contributed by atoms with Crippen LogP contribution in [0.15, 0.2) is 48.5 Å². The van der Waals surface area contributed by atoms with Crippen LogP contribution >= 0.6 is 0 Å². The first-order valence-corrected chi connectivity index (χ1v) is 11.6.